The van der Waals surface area contributed by atoms with E-state index in [2.05, 4.69) is 22.8 Å². The summed E-state index contributed by atoms with van der Waals surface area (Å²) in [5.41, 5.74) is 3.39. The first-order valence-electron chi connectivity index (χ1n) is 12.4. The Bertz CT molecular complexity index is 1090. The number of nitrogens with one attached hydrogen (secondary N) is 2. The summed E-state index contributed by atoms with van der Waals surface area (Å²) in [5.74, 6) is -2.01. The van der Waals surface area contributed by atoms with E-state index in [1.54, 1.807) is 0 Å². The predicted molar refractivity (Wildman–Crippen MR) is 148 cm³/mol. The fourth-order valence-corrected chi connectivity index (χ4v) is 4.35. The van der Waals surface area contributed by atoms with Crippen molar-refractivity contribution in [3.05, 3.63) is 108 Å². The van der Waals surface area contributed by atoms with Gasteiger partial charge < -0.3 is 15.7 Å². The van der Waals surface area contributed by atoms with Gasteiger partial charge in [-0.25, -0.2) is 0 Å². The molecule has 0 bridgehead atoms. The minimum absolute atomic E-state index is 0.0793. The second kappa shape index (κ2) is 14.8. The Balaban J connectivity index is 1.56. The highest BCUT2D eigenvalue weighted by Gasteiger charge is 2.24. The highest BCUT2D eigenvalue weighted by molar-refractivity contribution is 7.80. The first-order valence-corrected chi connectivity index (χ1v) is 12.8. The van der Waals surface area contributed by atoms with Crippen molar-refractivity contribution in [3.8, 4) is 0 Å². The first-order chi connectivity index (χ1) is 17.5. The number of benzene rings is 3. The lowest BCUT2D eigenvalue weighted by molar-refractivity contribution is -0.144. The molecule has 0 aliphatic carbocycles. The number of carboxylic acid groups (broad SMARTS) is 1. The highest BCUT2D eigenvalue weighted by atomic mass is 32.1. The zero-order valence-corrected chi connectivity index (χ0v) is 21.3. The van der Waals surface area contributed by atoms with Crippen LogP contribution in [0.25, 0.3) is 0 Å². The van der Waals surface area contributed by atoms with Gasteiger partial charge in [0.25, 0.3) is 0 Å². The van der Waals surface area contributed by atoms with Crippen LogP contribution in [0.4, 0.5) is 0 Å². The molecule has 5 nitrogen and oxygen atoms in total. The first kappa shape index (κ1) is 27.1. The van der Waals surface area contributed by atoms with Crippen molar-refractivity contribution in [2.24, 2.45) is 5.92 Å². The van der Waals surface area contributed by atoms with Crippen LogP contribution in [0.1, 0.15) is 36.0 Å². The Hall–Kier alpha value is -3.51. The molecule has 188 valence electrons. The summed E-state index contributed by atoms with van der Waals surface area (Å²) >= 11 is 5.66. The van der Waals surface area contributed by atoms with E-state index in [4.69, 9.17) is 12.2 Å². The van der Waals surface area contributed by atoms with Gasteiger partial charge in [0.2, 0.25) is 5.91 Å². The van der Waals surface area contributed by atoms with Gasteiger partial charge in [0.15, 0.2) is 0 Å². The topological polar surface area (TPSA) is 78.4 Å². The normalized spacial score (nSPS) is 12.3. The summed E-state index contributed by atoms with van der Waals surface area (Å²) in [6.07, 6.45) is 3.33. The summed E-state index contributed by atoms with van der Waals surface area (Å²) in [7, 11) is 0. The molecule has 0 heterocycles. The Morgan fingerprint density at radius 1 is 0.778 bits per heavy atom. The molecular formula is C30H34N2O3S. The maximum Gasteiger partial charge on any atom is 0.307 e. The molecule has 0 aromatic heterocycles. The number of carbonyl (C=O) groups is 2. The van der Waals surface area contributed by atoms with Gasteiger partial charge in [-0.2, -0.15) is 0 Å². The van der Waals surface area contributed by atoms with Crippen LogP contribution >= 0.6 is 12.2 Å². The van der Waals surface area contributed by atoms with Crippen LogP contribution < -0.4 is 10.6 Å². The minimum atomic E-state index is -0.956. The van der Waals surface area contributed by atoms with Crippen molar-refractivity contribution in [1.82, 2.24) is 10.6 Å². The second-order valence-electron chi connectivity index (χ2n) is 8.95. The number of hydrogen-bond donors (Lipinski definition) is 3. The highest BCUT2D eigenvalue weighted by Crippen LogP contribution is 2.15. The van der Waals surface area contributed by atoms with E-state index in [0.717, 1.165) is 24.0 Å². The van der Waals surface area contributed by atoms with E-state index in [1.807, 2.05) is 78.9 Å². The Morgan fingerprint density at radius 3 is 1.86 bits per heavy atom. The minimum Gasteiger partial charge on any atom is -0.481 e. The summed E-state index contributed by atoms with van der Waals surface area (Å²) in [5, 5.41) is 16.0. The average molecular weight is 503 g/mol. The molecule has 0 radical (unpaired) electrons. The number of carbonyl (C=O) groups excluding carboxylic acids is 1. The molecule has 0 aliphatic heterocycles. The van der Waals surface area contributed by atoms with Crippen molar-refractivity contribution in [2.45, 2.75) is 44.6 Å². The molecular weight excluding hydrogens is 468 g/mol. The third kappa shape index (κ3) is 9.62. The Labute approximate surface area is 219 Å². The van der Waals surface area contributed by atoms with Crippen molar-refractivity contribution in [1.29, 1.82) is 0 Å². The van der Waals surface area contributed by atoms with E-state index >= 15 is 0 Å². The summed E-state index contributed by atoms with van der Waals surface area (Å²) in [4.78, 5) is 25.3. The lowest BCUT2D eigenvalue weighted by Gasteiger charge is -2.22. The third-order valence-corrected chi connectivity index (χ3v) is 6.55. The largest absolute Gasteiger partial charge is 0.481 e. The fraction of sp³-hybridized carbons (Fsp3) is 0.300. The molecule has 0 saturated heterocycles. The van der Waals surface area contributed by atoms with Gasteiger partial charge in [-0.05, 0) is 48.8 Å². The van der Waals surface area contributed by atoms with Crippen LogP contribution in [-0.4, -0.2) is 34.6 Å². The quantitative estimate of drug-likeness (QED) is 0.214. The molecule has 36 heavy (non-hydrogen) atoms. The van der Waals surface area contributed by atoms with E-state index in [1.165, 1.54) is 5.56 Å². The molecule has 6 heteroatoms. The molecule has 3 rings (SSSR count). The van der Waals surface area contributed by atoms with Gasteiger partial charge >= 0.3 is 5.97 Å². The SMILES string of the molecule is O=C(CC(CCc1ccccc1)C(=O)O)NC(Cc1ccccc1)C(=S)NCCCc1ccccc1. The molecule has 0 aliphatic rings. The fourth-order valence-electron chi connectivity index (χ4n) is 4.11. The van der Waals surface area contributed by atoms with Crippen LogP contribution in [-0.2, 0) is 28.9 Å². The molecule has 3 aromatic rings. The van der Waals surface area contributed by atoms with Crippen LogP contribution in [0.5, 0.6) is 0 Å². The van der Waals surface area contributed by atoms with E-state index < -0.39 is 17.9 Å². The molecule has 2 unspecified atom stereocenters. The molecule has 0 saturated carbocycles. The zero-order valence-electron chi connectivity index (χ0n) is 20.4. The lowest BCUT2D eigenvalue weighted by atomic mass is 9.96. The molecule has 0 spiro atoms. The Morgan fingerprint density at radius 2 is 1.31 bits per heavy atom. The van der Waals surface area contributed by atoms with Gasteiger partial charge in [-0.1, -0.05) is 103 Å². The number of aryl methyl sites for hydroxylation is 2. The summed E-state index contributed by atoms with van der Waals surface area (Å²) in [6, 6.07) is 29.4. The Kier molecular flexibility index (Phi) is 11.1. The van der Waals surface area contributed by atoms with Crippen LogP contribution in [0.2, 0.25) is 0 Å². The predicted octanol–water partition coefficient (Wildman–Crippen LogP) is 4.99. The van der Waals surface area contributed by atoms with E-state index in [0.29, 0.717) is 30.8 Å². The van der Waals surface area contributed by atoms with E-state index in [9.17, 15) is 14.7 Å². The van der Waals surface area contributed by atoms with Crippen molar-refractivity contribution in [2.75, 3.05) is 6.54 Å². The van der Waals surface area contributed by atoms with Crippen LogP contribution in [0.15, 0.2) is 91.0 Å². The molecule has 2 atom stereocenters. The second-order valence-corrected chi connectivity index (χ2v) is 9.39. The third-order valence-electron chi connectivity index (χ3n) is 6.12. The number of hydrogen-bond acceptors (Lipinski definition) is 3. The van der Waals surface area contributed by atoms with E-state index in [-0.39, 0.29) is 12.3 Å². The maximum absolute atomic E-state index is 12.9. The number of aliphatic carboxylic acids is 1. The van der Waals surface area contributed by atoms with Gasteiger partial charge in [-0.3, -0.25) is 9.59 Å². The molecule has 0 fully saturated rings. The molecule has 1 amide bonds. The molecule has 3 aromatic carbocycles. The number of carboxylic acids is 1. The number of thiocarbonyl (C=S) groups is 1. The zero-order chi connectivity index (χ0) is 25.6. The maximum atomic E-state index is 12.9. The van der Waals surface area contributed by atoms with Gasteiger partial charge in [-0.15, -0.1) is 0 Å². The van der Waals surface area contributed by atoms with Crippen molar-refractivity contribution < 1.29 is 14.7 Å². The van der Waals surface area contributed by atoms with Gasteiger partial charge in [0.1, 0.15) is 0 Å². The number of amides is 1. The lowest BCUT2D eigenvalue weighted by Crippen LogP contribution is -2.47. The van der Waals surface area contributed by atoms with Gasteiger partial charge in [0, 0.05) is 13.0 Å². The van der Waals surface area contributed by atoms with Gasteiger partial charge in [0.05, 0.1) is 16.9 Å². The van der Waals surface area contributed by atoms with Crippen LogP contribution in [0, 0.1) is 5.92 Å². The smallest absolute Gasteiger partial charge is 0.307 e. The standard InChI is InChI=1S/C30H34N2O3S/c33-28(22-26(30(34)35)19-18-24-13-6-2-7-14-24)32-27(21-25-15-8-3-9-16-25)29(36)31-20-10-17-23-11-4-1-5-12-23/h1-9,11-16,26-27H,10,17-22H2,(H,31,36)(H,32,33)(H,34,35). The summed E-state index contributed by atoms with van der Waals surface area (Å²) < 4.78 is 0. The monoisotopic (exact) mass is 502 g/mol. The van der Waals surface area contributed by atoms with Crippen LogP contribution in [0.3, 0.4) is 0 Å². The van der Waals surface area contributed by atoms with Crippen molar-refractivity contribution >= 4 is 29.1 Å². The van der Waals surface area contributed by atoms with Crippen molar-refractivity contribution in [3.63, 3.8) is 0 Å². The average Bonchev–Trinajstić information content (AvgIpc) is 2.90. The molecule has 3 N–H and O–H groups in total. The number of rotatable bonds is 14. The summed E-state index contributed by atoms with van der Waals surface area (Å²) in [6.45, 7) is 0.698.